The predicted molar refractivity (Wildman–Crippen MR) is 168 cm³/mol. The molecule has 1 amide bonds. The number of carbonyl (C=O) groups excluding carboxylic acids is 1. The summed E-state index contributed by atoms with van der Waals surface area (Å²) in [6, 6.07) is 19.5. The van der Waals surface area contributed by atoms with Gasteiger partial charge in [-0.15, -0.1) is 0 Å². The second-order valence-corrected chi connectivity index (χ2v) is 11.2. The van der Waals surface area contributed by atoms with E-state index in [4.69, 9.17) is 19.2 Å². The van der Waals surface area contributed by atoms with Gasteiger partial charge in [-0.1, -0.05) is 54.3 Å². The predicted octanol–water partition coefficient (Wildman–Crippen LogP) is 5.22. The molecule has 0 unspecified atom stereocenters. The molecule has 1 aliphatic rings. The number of nitrogens with one attached hydrogen (secondary N) is 1. The van der Waals surface area contributed by atoms with Crippen LogP contribution in [0.2, 0.25) is 0 Å². The van der Waals surface area contributed by atoms with Crippen molar-refractivity contribution in [3.05, 3.63) is 126 Å². The molecule has 0 aliphatic carbocycles. The second-order valence-electron chi connectivity index (χ2n) is 9.31. The Bertz CT molecular complexity index is 1860. The van der Waals surface area contributed by atoms with E-state index in [-0.39, 0.29) is 11.5 Å². The second kappa shape index (κ2) is 12.6. The van der Waals surface area contributed by atoms with E-state index in [2.05, 4.69) is 27.8 Å². The first-order valence-electron chi connectivity index (χ1n) is 13.0. The third-order valence-corrected chi connectivity index (χ3v) is 8.20. The number of anilines is 1. The van der Waals surface area contributed by atoms with E-state index in [9.17, 15) is 9.59 Å². The highest BCUT2D eigenvalue weighted by atomic mass is 79.9. The number of halogens is 1. The third-order valence-electron chi connectivity index (χ3n) is 6.62. The zero-order chi connectivity index (χ0) is 29.8. The van der Waals surface area contributed by atoms with Crippen molar-refractivity contribution in [2.24, 2.45) is 4.99 Å². The molecule has 1 aromatic heterocycles. The van der Waals surface area contributed by atoms with Crippen LogP contribution in [-0.2, 0) is 4.79 Å². The van der Waals surface area contributed by atoms with Crippen LogP contribution in [0.4, 0.5) is 5.69 Å². The van der Waals surface area contributed by atoms with Crippen LogP contribution in [0, 0.1) is 0 Å². The van der Waals surface area contributed by atoms with Crippen LogP contribution in [0.1, 0.15) is 24.1 Å². The van der Waals surface area contributed by atoms with Crippen LogP contribution in [0.25, 0.3) is 6.08 Å². The molecular formula is C32H28BrN3O5S. The fraction of sp³-hybridized carbons (Fsp3) is 0.156. The molecule has 0 fully saturated rings. The van der Waals surface area contributed by atoms with Crippen molar-refractivity contribution in [1.29, 1.82) is 0 Å². The Balaban J connectivity index is 1.64. The van der Waals surface area contributed by atoms with E-state index in [0.717, 1.165) is 11.1 Å². The van der Waals surface area contributed by atoms with Crippen molar-refractivity contribution in [3.63, 3.8) is 0 Å². The number of rotatable bonds is 9. The molecule has 3 aromatic carbocycles. The Morgan fingerprint density at radius 3 is 2.52 bits per heavy atom. The summed E-state index contributed by atoms with van der Waals surface area (Å²) in [6.07, 6.45) is 3.43. The Labute approximate surface area is 255 Å². The van der Waals surface area contributed by atoms with Crippen LogP contribution in [0.3, 0.4) is 0 Å². The molecule has 1 aliphatic heterocycles. The molecule has 0 saturated carbocycles. The maximum atomic E-state index is 14.0. The Morgan fingerprint density at radius 1 is 1.12 bits per heavy atom. The van der Waals surface area contributed by atoms with Crippen molar-refractivity contribution in [1.82, 2.24) is 4.57 Å². The maximum absolute atomic E-state index is 14.0. The van der Waals surface area contributed by atoms with Gasteiger partial charge >= 0.3 is 0 Å². The van der Waals surface area contributed by atoms with Crippen molar-refractivity contribution in [2.75, 3.05) is 26.1 Å². The summed E-state index contributed by atoms with van der Waals surface area (Å²) >= 11 is 4.81. The Hall–Kier alpha value is -4.41. The van der Waals surface area contributed by atoms with Crippen molar-refractivity contribution in [3.8, 4) is 17.2 Å². The van der Waals surface area contributed by atoms with Gasteiger partial charge in [-0.25, -0.2) is 4.99 Å². The molecule has 214 valence electrons. The first-order chi connectivity index (χ1) is 20.3. The number of para-hydroxylation sites is 1. The van der Waals surface area contributed by atoms with E-state index < -0.39 is 6.04 Å². The number of benzene rings is 3. The summed E-state index contributed by atoms with van der Waals surface area (Å²) in [5.74, 6) is 1.39. The molecule has 0 spiro atoms. The minimum Gasteiger partial charge on any atom is -0.497 e. The number of allylic oxidation sites excluding steroid dienone is 1. The molecule has 5 rings (SSSR count). The molecule has 4 aromatic rings. The molecule has 8 nitrogen and oxygen atoms in total. The summed E-state index contributed by atoms with van der Waals surface area (Å²) in [4.78, 5) is 32.9. The lowest BCUT2D eigenvalue weighted by atomic mass is 9.95. The number of hydrogen-bond donors (Lipinski definition) is 1. The van der Waals surface area contributed by atoms with Gasteiger partial charge in [0.05, 0.1) is 40.5 Å². The van der Waals surface area contributed by atoms with Crippen molar-refractivity contribution in [2.45, 2.75) is 13.0 Å². The van der Waals surface area contributed by atoms with Crippen molar-refractivity contribution < 1.29 is 19.0 Å². The van der Waals surface area contributed by atoms with Gasteiger partial charge in [0, 0.05) is 5.69 Å². The number of aromatic nitrogens is 1. The largest absolute Gasteiger partial charge is 0.497 e. The molecule has 0 radical (unpaired) electrons. The minimum absolute atomic E-state index is 0.265. The minimum atomic E-state index is -0.700. The SMILES string of the molecule is C=CCOc1c(Br)cc(/C=c2/sc3n(c2=O)[C@@H](c2ccc(OC)cc2)C(C(=O)Nc2ccccc2)=C(C)N=3)cc1OC. The van der Waals surface area contributed by atoms with Crippen molar-refractivity contribution >= 4 is 44.9 Å². The lowest BCUT2D eigenvalue weighted by molar-refractivity contribution is -0.113. The molecule has 0 bridgehead atoms. The van der Waals surface area contributed by atoms with Crippen LogP contribution < -0.4 is 34.4 Å². The summed E-state index contributed by atoms with van der Waals surface area (Å²) in [5.41, 5.74) is 2.78. The van der Waals surface area contributed by atoms with Crippen LogP contribution >= 0.6 is 27.3 Å². The van der Waals surface area contributed by atoms with Gasteiger partial charge in [0.15, 0.2) is 16.3 Å². The highest BCUT2D eigenvalue weighted by Crippen LogP contribution is 2.37. The topological polar surface area (TPSA) is 91.2 Å². The smallest absolute Gasteiger partial charge is 0.271 e. The summed E-state index contributed by atoms with van der Waals surface area (Å²) in [6.45, 7) is 5.79. The maximum Gasteiger partial charge on any atom is 0.271 e. The van der Waals surface area contributed by atoms with E-state index in [0.29, 0.717) is 54.6 Å². The highest BCUT2D eigenvalue weighted by molar-refractivity contribution is 9.10. The number of ether oxygens (including phenoxy) is 3. The molecule has 10 heteroatoms. The lowest BCUT2D eigenvalue weighted by Crippen LogP contribution is -2.40. The number of hydrogen-bond acceptors (Lipinski definition) is 7. The molecule has 0 saturated heterocycles. The van der Waals surface area contributed by atoms with Gasteiger partial charge in [0.2, 0.25) is 0 Å². The fourth-order valence-corrected chi connectivity index (χ4v) is 6.31. The number of thiazole rings is 1. The van der Waals surface area contributed by atoms with Gasteiger partial charge in [-0.2, -0.15) is 0 Å². The van der Waals surface area contributed by atoms with Gasteiger partial charge in [0.25, 0.3) is 11.5 Å². The first kappa shape index (κ1) is 29.1. The quantitative estimate of drug-likeness (QED) is 0.252. The van der Waals surface area contributed by atoms with E-state index in [1.54, 1.807) is 43.9 Å². The van der Waals surface area contributed by atoms with E-state index in [1.807, 2.05) is 60.7 Å². The normalized spacial score (nSPS) is 14.6. The summed E-state index contributed by atoms with van der Waals surface area (Å²) < 4.78 is 19.3. The molecule has 2 heterocycles. The zero-order valence-corrected chi connectivity index (χ0v) is 25.6. The first-order valence-corrected chi connectivity index (χ1v) is 14.6. The standard InChI is InChI=1S/C32H28BrN3O5S/c1-5-15-41-29-24(33)16-20(17-25(29)40-4)18-26-31(38)36-28(21-11-13-23(39-3)14-12-21)27(19(2)34-32(36)42-26)30(37)35-22-9-7-6-8-10-22/h5-14,16-18,28H,1,15H2,2-4H3,(H,35,37)/b26-18+/t28-/m0/s1. The Morgan fingerprint density at radius 2 is 1.86 bits per heavy atom. The van der Waals surface area contributed by atoms with Gasteiger partial charge in [-0.3, -0.25) is 14.2 Å². The van der Waals surface area contributed by atoms with Crippen LogP contribution in [0.15, 0.2) is 105 Å². The highest BCUT2D eigenvalue weighted by Gasteiger charge is 2.32. The third kappa shape index (κ3) is 5.81. The number of carbonyl (C=O) groups is 1. The van der Waals surface area contributed by atoms with Gasteiger partial charge in [0.1, 0.15) is 12.4 Å². The molecule has 1 atom stereocenters. The monoisotopic (exact) mass is 645 g/mol. The molecule has 42 heavy (non-hydrogen) atoms. The fourth-order valence-electron chi connectivity index (χ4n) is 4.69. The number of amides is 1. The number of fused-ring (bicyclic) bond motifs is 1. The molecule has 1 N–H and O–H groups in total. The molecular weight excluding hydrogens is 618 g/mol. The van der Waals surface area contributed by atoms with Gasteiger partial charge < -0.3 is 19.5 Å². The number of nitrogens with zero attached hydrogens (tertiary/aromatic N) is 2. The average molecular weight is 647 g/mol. The zero-order valence-electron chi connectivity index (χ0n) is 23.2. The Kier molecular flexibility index (Phi) is 8.75. The average Bonchev–Trinajstić information content (AvgIpc) is 3.29. The van der Waals surface area contributed by atoms with Crippen LogP contribution in [-0.4, -0.2) is 31.3 Å². The van der Waals surface area contributed by atoms with E-state index >= 15 is 0 Å². The van der Waals surface area contributed by atoms with Crippen LogP contribution in [0.5, 0.6) is 17.2 Å². The van der Waals surface area contributed by atoms with Gasteiger partial charge in [-0.05, 0) is 76.5 Å². The lowest BCUT2D eigenvalue weighted by Gasteiger charge is -2.25. The van der Waals surface area contributed by atoms with E-state index in [1.165, 1.54) is 11.3 Å². The summed E-state index contributed by atoms with van der Waals surface area (Å²) in [5, 5.41) is 2.96. The summed E-state index contributed by atoms with van der Waals surface area (Å²) in [7, 11) is 3.15. The number of methoxy groups -OCH3 is 2.